The minimum atomic E-state index is -3.82. The Hall–Kier alpha value is -1.53. The molecule has 1 aliphatic heterocycles. The van der Waals surface area contributed by atoms with Gasteiger partial charge < -0.3 is 10.6 Å². The first-order chi connectivity index (χ1) is 14.3. The molecule has 1 aliphatic rings. The van der Waals surface area contributed by atoms with Gasteiger partial charge in [0.1, 0.15) is 5.50 Å². The second-order valence-electron chi connectivity index (χ2n) is 6.38. The third-order valence-corrected chi connectivity index (χ3v) is 8.67. The van der Waals surface area contributed by atoms with Crippen LogP contribution in [0.1, 0.15) is 0 Å². The van der Waals surface area contributed by atoms with Crippen LogP contribution >= 0.6 is 39.5 Å². The number of thioether (sulfide) groups is 2. The largest absolute Gasteiger partial charge is 0.331 e. The molecule has 0 saturated carbocycles. The maximum atomic E-state index is 12.7. The number of amides is 2. The molecule has 2 aromatic rings. The van der Waals surface area contributed by atoms with E-state index in [1.807, 2.05) is 24.5 Å². The van der Waals surface area contributed by atoms with Gasteiger partial charge in [0.25, 0.3) is 0 Å². The smallest absolute Gasteiger partial charge is 0.241 e. The van der Waals surface area contributed by atoms with Crippen molar-refractivity contribution in [3.8, 4) is 0 Å². The third kappa shape index (κ3) is 5.79. The minimum Gasteiger partial charge on any atom is -0.331 e. The number of hydrogen-bond acceptors (Lipinski definition) is 7. The van der Waals surface area contributed by atoms with Crippen LogP contribution in [-0.2, 0) is 19.4 Å². The average molecular weight is 530 g/mol. The number of carbonyl (C=O) groups is 2. The normalized spacial score (nSPS) is 19.2. The van der Waals surface area contributed by atoms with Gasteiger partial charge in [0.2, 0.25) is 11.8 Å². The second-order valence-corrected chi connectivity index (χ2v) is 11.4. The Labute approximate surface area is 192 Å². The summed E-state index contributed by atoms with van der Waals surface area (Å²) in [5.41, 5.74) is 0.158. The summed E-state index contributed by atoms with van der Waals surface area (Å²) in [5.74, 6) is -0.688. The highest BCUT2D eigenvalue weighted by atomic mass is 79.9. The molecule has 0 aromatic heterocycles. The van der Waals surface area contributed by atoms with Gasteiger partial charge in [0.15, 0.2) is 15.1 Å². The van der Waals surface area contributed by atoms with Crippen LogP contribution in [0.15, 0.2) is 62.8 Å². The summed E-state index contributed by atoms with van der Waals surface area (Å²) in [6, 6.07) is 13.7. The lowest BCUT2D eigenvalue weighted by Crippen LogP contribution is -2.59. The molecular formula is C19H20BrN3O4S3. The van der Waals surface area contributed by atoms with Crippen LogP contribution in [0.2, 0.25) is 0 Å². The van der Waals surface area contributed by atoms with Crippen molar-refractivity contribution in [1.82, 2.24) is 10.6 Å². The van der Waals surface area contributed by atoms with E-state index in [0.29, 0.717) is 5.69 Å². The Kier molecular flexibility index (Phi) is 7.86. The first kappa shape index (κ1) is 23.1. The zero-order chi connectivity index (χ0) is 21.7. The van der Waals surface area contributed by atoms with Crippen LogP contribution in [0, 0.1) is 0 Å². The molecule has 0 aliphatic carbocycles. The van der Waals surface area contributed by atoms with Crippen molar-refractivity contribution < 1.29 is 18.0 Å². The molecule has 3 N–H and O–H groups in total. The van der Waals surface area contributed by atoms with E-state index in [-0.39, 0.29) is 23.1 Å². The molecule has 1 saturated heterocycles. The lowest BCUT2D eigenvalue weighted by atomic mass is 10.3. The van der Waals surface area contributed by atoms with E-state index < -0.39 is 26.5 Å². The highest BCUT2D eigenvalue weighted by Crippen LogP contribution is 2.22. The van der Waals surface area contributed by atoms with Crippen molar-refractivity contribution in [3.05, 3.63) is 53.0 Å². The van der Waals surface area contributed by atoms with Gasteiger partial charge in [-0.05, 0) is 48.7 Å². The lowest BCUT2D eigenvalue weighted by molar-refractivity contribution is -0.122. The van der Waals surface area contributed by atoms with Crippen molar-refractivity contribution in [2.45, 2.75) is 20.5 Å². The van der Waals surface area contributed by atoms with Crippen molar-refractivity contribution in [1.29, 1.82) is 0 Å². The van der Waals surface area contributed by atoms with E-state index in [1.54, 1.807) is 30.0 Å². The minimum absolute atomic E-state index is 0.0285. The van der Waals surface area contributed by atoms with Crippen LogP contribution in [0.4, 0.5) is 5.69 Å². The van der Waals surface area contributed by atoms with Crippen LogP contribution in [0.5, 0.6) is 0 Å². The Morgan fingerprint density at radius 3 is 2.63 bits per heavy atom. The molecule has 1 heterocycles. The predicted octanol–water partition coefficient (Wildman–Crippen LogP) is 2.69. The Morgan fingerprint density at radius 2 is 1.97 bits per heavy atom. The topological polar surface area (TPSA) is 104 Å². The Morgan fingerprint density at radius 1 is 1.23 bits per heavy atom. The monoisotopic (exact) mass is 529 g/mol. The van der Waals surface area contributed by atoms with E-state index in [9.17, 15) is 18.0 Å². The number of nitrogens with one attached hydrogen (secondary N) is 3. The zero-order valence-electron chi connectivity index (χ0n) is 15.9. The van der Waals surface area contributed by atoms with Gasteiger partial charge in [-0.1, -0.05) is 22.0 Å². The Balaban J connectivity index is 1.53. The molecule has 11 heteroatoms. The fourth-order valence-electron chi connectivity index (χ4n) is 2.78. The molecule has 160 valence electrons. The molecule has 2 aromatic carbocycles. The molecule has 30 heavy (non-hydrogen) atoms. The molecular weight excluding hydrogens is 510 g/mol. The second kappa shape index (κ2) is 10.2. The summed E-state index contributed by atoms with van der Waals surface area (Å²) in [6.07, 6.45) is 1.96. The van der Waals surface area contributed by atoms with Crippen LogP contribution in [0.25, 0.3) is 0 Å². The first-order valence-electron chi connectivity index (χ1n) is 8.88. The van der Waals surface area contributed by atoms with E-state index in [1.165, 1.54) is 23.9 Å². The standard InChI is InChI=1S/C19H20BrN3O4S3/c1-28-14-4-2-3-13(9-14)22-17(24)11-29-19-21-10-16(18(25)23-19)30(26,27)15-7-5-12(20)6-8-15/h2-9,16,19,21H,10-11H2,1H3,(H,22,24)(H,23,25). The van der Waals surface area contributed by atoms with Gasteiger partial charge in [-0.2, -0.15) is 0 Å². The summed E-state index contributed by atoms with van der Waals surface area (Å²) >= 11 is 6.03. The number of sulfone groups is 1. The van der Waals surface area contributed by atoms with Crippen LogP contribution in [-0.4, -0.2) is 49.5 Å². The molecule has 1 fully saturated rings. The summed E-state index contributed by atoms with van der Waals surface area (Å²) < 4.78 is 26.2. The zero-order valence-corrected chi connectivity index (χ0v) is 20.0. The molecule has 3 rings (SSSR count). The lowest BCUT2D eigenvalue weighted by Gasteiger charge is -2.29. The molecule has 7 nitrogen and oxygen atoms in total. The Bertz CT molecular complexity index is 1030. The van der Waals surface area contributed by atoms with E-state index in [0.717, 1.165) is 9.37 Å². The summed E-state index contributed by atoms with van der Waals surface area (Å²) in [5, 5.41) is 7.21. The first-order valence-corrected chi connectivity index (χ1v) is 13.5. The molecule has 2 atom stereocenters. The van der Waals surface area contributed by atoms with Gasteiger partial charge in [-0.15, -0.1) is 23.5 Å². The number of rotatable bonds is 7. The van der Waals surface area contributed by atoms with Gasteiger partial charge in [-0.3, -0.25) is 14.9 Å². The fraction of sp³-hybridized carbons (Fsp3) is 0.263. The third-order valence-electron chi connectivity index (χ3n) is 4.31. The average Bonchev–Trinajstić information content (AvgIpc) is 2.72. The van der Waals surface area contributed by atoms with Gasteiger partial charge >= 0.3 is 0 Å². The SMILES string of the molecule is CSc1cccc(NC(=O)CSC2NCC(S(=O)(=O)c3ccc(Br)cc3)C(=O)N2)c1. The molecule has 2 amide bonds. The van der Waals surface area contributed by atoms with Crippen LogP contribution < -0.4 is 16.0 Å². The molecule has 0 spiro atoms. The van der Waals surface area contributed by atoms with Crippen molar-refractivity contribution in [3.63, 3.8) is 0 Å². The molecule has 0 bridgehead atoms. The summed E-state index contributed by atoms with van der Waals surface area (Å²) in [4.78, 5) is 25.8. The van der Waals surface area contributed by atoms with Gasteiger partial charge in [0.05, 0.1) is 10.6 Å². The maximum Gasteiger partial charge on any atom is 0.241 e. The number of halogens is 1. The fourth-order valence-corrected chi connectivity index (χ4v) is 5.81. The summed E-state index contributed by atoms with van der Waals surface area (Å²) in [6.45, 7) is -0.0285. The number of anilines is 1. The van der Waals surface area contributed by atoms with E-state index in [2.05, 4.69) is 31.9 Å². The number of hydrogen-bond donors (Lipinski definition) is 3. The number of benzene rings is 2. The predicted molar refractivity (Wildman–Crippen MR) is 124 cm³/mol. The van der Waals surface area contributed by atoms with Crippen molar-refractivity contribution in [2.24, 2.45) is 0 Å². The summed E-state index contributed by atoms with van der Waals surface area (Å²) in [7, 11) is -3.82. The molecule has 0 radical (unpaired) electrons. The maximum absolute atomic E-state index is 12.7. The van der Waals surface area contributed by atoms with Gasteiger partial charge in [0, 0.05) is 21.6 Å². The van der Waals surface area contributed by atoms with Crippen molar-refractivity contribution >= 4 is 66.8 Å². The quantitative estimate of drug-likeness (QED) is 0.473. The van der Waals surface area contributed by atoms with Gasteiger partial charge in [-0.25, -0.2) is 8.42 Å². The van der Waals surface area contributed by atoms with Crippen molar-refractivity contribution in [2.75, 3.05) is 23.9 Å². The number of carbonyl (C=O) groups excluding carboxylic acids is 2. The molecule has 2 unspecified atom stereocenters. The van der Waals surface area contributed by atoms with E-state index in [4.69, 9.17) is 0 Å². The van der Waals surface area contributed by atoms with Crippen LogP contribution in [0.3, 0.4) is 0 Å². The highest BCUT2D eigenvalue weighted by Gasteiger charge is 2.38. The highest BCUT2D eigenvalue weighted by molar-refractivity contribution is 9.10. The van der Waals surface area contributed by atoms with E-state index >= 15 is 0 Å².